The number of carbonyl (C=O) groups excluding carboxylic acids is 1. The summed E-state index contributed by atoms with van der Waals surface area (Å²) in [6.07, 6.45) is 21.9. The predicted octanol–water partition coefficient (Wildman–Crippen LogP) is 7.58. The van der Waals surface area contributed by atoms with Crippen molar-refractivity contribution < 1.29 is 9.53 Å². The third-order valence-electron chi connectivity index (χ3n) is 4.53. The van der Waals surface area contributed by atoms with Crippen LogP contribution in [0.25, 0.3) is 0 Å². The molecule has 0 heterocycles. The van der Waals surface area contributed by atoms with Gasteiger partial charge in [0.1, 0.15) is 0 Å². The van der Waals surface area contributed by atoms with Crippen LogP contribution < -0.4 is 0 Å². The summed E-state index contributed by atoms with van der Waals surface area (Å²) in [5, 5.41) is 0.876. The van der Waals surface area contributed by atoms with Crippen LogP contribution in [0.5, 0.6) is 0 Å². The number of alkyl halides is 1. The summed E-state index contributed by atoms with van der Waals surface area (Å²) >= 11 is 3.32. The lowest BCUT2D eigenvalue weighted by atomic mass is 10.0. The van der Waals surface area contributed by atoms with E-state index in [-0.39, 0.29) is 5.97 Å². The number of ether oxygens (including phenoxy) is 1. The van der Waals surface area contributed by atoms with Crippen molar-refractivity contribution in [2.75, 3.05) is 11.9 Å². The van der Waals surface area contributed by atoms with Crippen molar-refractivity contribution in [2.24, 2.45) is 0 Å². The van der Waals surface area contributed by atoms with Crippen molar-refractivity contribution in [1.29, 1.82) is 0 Å². The molecule has 0 aliphatic rings. The fraction of sp³-hybridized carbons (Fsp3) is 0.952. The van der Waals surface area contributed by atoms with Gasteiger partial charge >= 0.3 is 5.97 Å². The first kappa shape index (κ1) is 23.9. The highest BCUT2D eigenvalue weighted by molar-refractivity contribution is 9.09. The zero-order valence-corrected chi connectivity index (χ0v) is 17.7. The Morgan fingerprint density at radius 1 is 0.667 bits per heavy atom. The van der Waals surface area contributed by atoms with Crippen molar-refractivity contribution >= 4 is 21.9 Å². The Kier molecular flexibility index (Phi) is 20.9. The fourth-order valence-corrected chi connectivity index (χ4v) is 3.22. The van der Waals surface area contributed by atoms with Gasteiger partial charge < -0.3 is 4.74 Å². The third-order valence-corrected chi connectivity index (χ3v) is 5.09. The maximum Gasteiger partial charge on any atom is 0.305 e. The molecule has 0 aromatic carbocycles. The van der Waals surface area contributed by atoms with Crippen LogP contribution in [-0.2, 0) is 9.53 Å². The van der Waals surface area contributed by atoms with Gasteiger partial charge in [-0.15, -0.1) is 0 Å². The van der Waals surface area contributed by atoms with E-state index in [1.165, 1.54) is 89.9 Å². The van der Waals surface area contributed by atoms with Gasteiger partial charge in [0.25, 0.3) is 0 Å². The first-order valence-corrected chi connectivity index (χ1v) is 11.6. The largest absolute Gasteiger partial charge is 0.466 e. The lowest BCUT2D eigenvalue weighted by molar-refractivity contribution is -0.143. The average molecular weight is 405 g/mol. The van der Waals surface area contributed by atoms with Gasteiger partial charge in [-0.2, -0.15) is 0 Å². The molecular formula is C21H41BrO2. The van der Waals surface area contributed by atoms with Gasteiger partial charge in [0.05, 0.1) is 6.61 Å². The molecule has 0 saturated heterocycles. The van der Waals surface area contributed by atoms with Gasteiger partial charge in [0, 0.05) is 11.8 Å². The minimum absolute atomic E-state index is 0.0418. The Bertz CT molecular complexity index is 256. The van der Waals surface area contributed by atoms with Gasteiger partial charge in [0.15, 0.2) is 0 Å². The van der Waals surface area contributed by atoms with Crippen LogP contribution in [0, 0.1) is 0 Å². The molecule has 3 heteroatoms. The molecule has 0 unspecified atom stereocenters. The lowest BCUT2D eigenvalue weighted by Gasteiger charge is -2.05. The molecule has 0 radical (unpaired) electrons. The molecule has 0 bridgehead atoms. The summed E-state index contributed by atoms with van der Waals surface area (Å²) < 4.78 is 5.20. The van der Waals surface area contributed by atoms with E-state index in [0.29, 0.717) is 13.0 Å². The fourth-order valence-electron chi connectivity index (χ4n) is 2.94. The molecule has 2 nitrogen and oxygen atoms in total. The van der Waals surface area contributed by atoms with E-state index < -0.39 is 0 Å². The van der Waals surface area contributed by atoms with Crippen molar-refractivity contribution in [2.45, 2.75) is 116 Å². The predicted molar refractivity (Wildman–Crippen MR) is 109 cm³/mol. The molecule has 0 aliphatic carbocycles. The molecule has 0 saturated carbocycles. The van der Waals surface area contributed by atoms with Crippen LogP contribution in [0.3, 0.4) is 0 Å². The number of hydrogen-bond acceptors (Lipinski definition) is 2. The van der Waals surface area contributed by atoms with Crippen molar-refractivity contribution in [1.82, 2.24) is 0 Å². The van der Waals surface area contributed by atoms with E-state index in [2.05, 4.69) is 22.9 Å². The maximum atomic E-state index is 11.3. The highest BCUT2D eigenvalue weighted by Crippen LogP contribution is 2.13. The molecular weight excluding hydrogens is 364 g/mol. The molecule has 144 valence electrons. The summed E-state index contributed by atoms with van der Waals surface area (Å²) in [6, 6.07) is 0. The van der Waals surface area contributed by atoms with Crippen LogP contribution in [0.15, 0.2) is 0 Å². The lowest BCUT2D eigenvalue weighted by Crippen LogP contribution is -2.05. The number of halogens is 1. The van der Waals surface area contributed by atoms with E-state index in [1.54, 1.807) is 0 Å². The van der Waals surface area contributed by atoms with E-state index in [9.17, 15) is 4.79 Å². The first-order valence-electron chi connectivity index (χ1n) is 10.5. The van der Waals surface area contributed by atoms with Gasteiger partial charge in [-0.05, 0) is 12.8 Å². The third kappa shape index (κ3) is 20.0. The normalized spacial score (nSPS) is 10.9. The standard InChI is InChI=1S/C21H41BrO2/c1-2-3-4-5-6-7-8-9-10-11-12-13-14-15-16-20-24-21(23)18-17-19-22/h2-20H2,1H3. The minimum Gasteiger partial charge on any atom is -0.466 e. The van der Waals surface area contributed by atoms with E-state index in [0.717, 1.165) is 18.2 Å². The number of unbranched alkanes of at least 4 members (excludes halogenated alkanes) is 14. The molecule has 0 aromatic heterocycles. The van der Waals surface area contributed by atoms with E-state index in [1.807, 2.05) is 0 Å². The van der Waals surface area contributed by atoms with Crippen molar-refractivity contribution in [3.05, 3.63) is 0 Å². The highest BCUT2D eigenvalue weighted by Gasteiger charge is 2.01. The molecule has 0 aromatic rings. The molecule has 0 atom stereocenters. The van der Waals surface area contributed by atoms with E-state index in [4.69, 9.17) is 4.74 Å². The monoisotopic (exact) mass is 404 g/mol. The van der Waals surface area contributed by atoms with E-state index >= 15 is 0 Å². The number of esters is 1. The second kappa shape index (κ2) is 21.0. The number of hydrogen-bond donors (Lipinski definition) is 0. The summed E-state index contributed by atoms with van der Waals surface area (Å²) in [4.78, 5) is 11.3. The van der Waals surface area contributed by atoms with Crippen LogP contribution in [0.1, 0.15) is 116 Å². The van der Waals surface area contributed by atoms with Crippen molar-refractivity contribution in [3.63, 3.8) is 0 Å². The minimum atomic E-state index is -0.0418. The topological polar surface area (TPSA) is 26.3 Å². The second-order valence-electron chi connectivity index (χ2n) is 6.96. The summed E-state index contributed by atoms with van der Waals surface area (Å²) in [5.41, 5.74) is 0. The van der Waals surface area contributed by atoms with Crippen LogP contribution >= 0.6 is 15.9 Å². The molecule has 0 aliphatic heterocycles. The Morgan fingerprint density at radius 3 is 1.50 bits per heavy atom. The van der Waals surface area contributed by atoms with Crippen LogP contribution in [0.2, 0.25) is 0 Å². The molecule has 0 amide bonds. The van der Waals surface area contributed by atoms with Crippen molar-refractivity contribution in [3.8, 4) is 0 Å². The Morgan fingerprint density at radius 2 is 1.08 bits per heavy atom. The Hall–Kier alpha value is -0.0500. The average Bonchev–Trinajstić information content (AvgIpc) is 2.59. The maximum absolute atomic E-state index is 11.3. The highest BCUT2D eigenvalue weighted by atomic mass is 79.9. The Balaban J connectivity index is 3.04. The summed E-state index contributed by atoms with van der Waals surface area (Å²) in [6.45, 7) is 2.89. The quantitative estimate of drug-likeness (QED) is 0.126. The van der Waals surface area contributed by atoms with Gasteiger partial charge in [-0.25, -0.2) is 0 Å². The molecule has 0 rings (SSSR count). The van der Waals surface area contributed by atoms with Gasteiger partial charge in [-0.3, -0.25) is 4.79 Å². The van der Waals surface area contributed by atoms with Crippen LogP contribution in [0.4, 0.5) is 0 Å². The summed E-state index contributed by atoms with van der Waals surface area (Å²) in [7, 11) is 0. The number of carbonyl (C=O) groups is 1. The zero-order chi connectivity index (χ0) is 17.7. The second-order valence-corrected chi connectivity index (χ2v) is 7.76. The van der Waals surface area contributed by atoms with Crippen LogP contribution in [-0.4, -0.2) is 17.9 Å². The first-order chi connectivity index (χ1) is 11.8. The Labute approximate surface area is 159 Å². The smallest absolute Gasteiger partial charge is 0.305 e. The zero-order valence-electron chi connectivity index (χ0n) is 16.1. The molecule has 0 spiro atoms. The molecule has 24 heavy (non-hydrogen) atoms. The SMILES string of the molecule is CCCCCCCCCCCCCCCCCOC(=O)CCCBr. The number of rotatable bonds is 19. The van der Waals surface area contributed by atoms with Gasteiger partial charge in [-0.1, -0.05) is 113 Å². The van der Waals surface area contributed by atoms with Gasteiger partial charge in [0.2, 0.25) is 0 Å². The molecule has 0 fully saturated rings. The summed E-state index contributed by atoms with van der Waals surface area (Å²) in [5.74, 6) is -0.0418. The molecule has 0 N–H and O–H groups in total.